The predicted molar refractivity (Wildman–Crippen MR) is 243 cm³/mol. The number of hydrogen-bond acceptors (Lipinski definition) is 2. The third-order valence-electron chi connectivity index (χ3n) is 11.2. The summed E-state index contributed by atoms with van der Waals surface area (Å²) < 4.78 is 2.64. The van der Waals surface area contributed by atoms with Crippen molar-refractivity contribution in [3.05, 3.63) is 212 Å². The van der Waals surface area contributed by atoms with Gasteiger partial charge in [-0.15, -0.1) is 11.3 Å². The molecule has 10 aromatic carbocycles. The zero-order valence-electron chi connectivity index (χ0n) is 30.6. The molecular weight excluding hydrogens is 695 g/mol. The average molecular weight is 730 g/mol. The van der Waals surface area contributed by atoms with Gasteiger partial charge in [0.25, 0.3) is 0 Å². The number of nitrogens with zero attached hydrogens (tertiary/aromatic N) is 1. The summed E-state index contributed by atoms with van der Waals surface area (Å²) in [5, 5.41) is 10.3. The standard InChI is InChI=1S/C54H35NS/c1-2-11-37(12-3-1)46-16-6-8-19-51(46)55(45-15-10-14-41(33-45)43-29-32-49-48-18-7-9-20-52(48)56-53(49)35-43)44-30-27-36(28-31-44)42-26-23-39-22-25-40-24-21-38-13-4-5-17-47(38)54(40)50(39)34-42/h1-35H. The summed E-state index contributed by atoms with van der Waals surface area (Å²) in [5.74, 6) is 0. The Bertz CT molecular complexity index is 3240. The maximum atomic E-state index is 2.41. The van der Waals surface area contributed by atoms with Crippen LogP contribution < -0.4 is 4.90 Å². The van der Waals surface area contributed by atoms with E-state index in [2.05, 4.69) is 217 Å². The molecule has 0 spiro atoms. The van der Waals surface area contributed by atoms with Gasteiger partial charge in [0.15, 0.2) is 0 Å². The summed E-state index contributed by atoms with van der Waals surface area (Å²) in [4.78, 5) is 2.41. The summed E-state index contributed by atoms with van der Waals surface area (Å²) in [6.07, 6.45) is 0. The monoisotopic (exact) mass is 729 g/mol. The van der Waals surface area contributed by atoms with Crippen molar-refractivity contribution in [1.82, 2.24) is 0 Å². The first-order chi connectivity index (χ1) is 27.7. The van der Waals surface area contributed by atoms with Crippen molar-refractivity contribution in [2.75, 3.05) is 4.90 Å². The molecular formula is C54H35NS. The molecule has 0 aliphatic carbocycles. The van der Waals surface area contributed by atoms with Crippen molar-refractivity contribution in [3.8, 4) is 33.4 Å². The van der Waals surface area contributed by atoms with Crippen LogP contribution in [0.3, 0.4) is 0 Å². The summed E-state index contributed by atoms with van der Waals surface area (Å²) in [5.41, 5.74) is 10.5. The molecule has 56 heavy (non-hydrogen) atoms. The first-order valence-corrected chi connectivity index (χ1v) is 20.0. The lowest BCUT2D eigenvalue weighted by molar-refractivity contribution is 1.28. The van der Waals surface area contributed by atoms with Gasteiger partial charge in [0.2, 0.25) is 0 Å². The SMILES string of the molecule is c1ccc(-c2ccccc2N(c2ccc(-c3ccc4ccc5ccc6ccccc6c5c4c3)cc2)c2cccc(-c3ccc4c(c3)sc3ccccc34)c2)cc1. The van der Waals surface area contributed by atoms with Crippen LogP contribution in [0.1, 0.15) is 0 Å². The topological polar surface area (TPSA) is 3.24 Å². The Kier molecular flexibility index (Phi) is 7.75. The fourth-order valence-corrected chi connectivity index (χ4v) is 9.64. The Morgan fingerprint density at radius 2 is 0.911 bits per heavy atom. The van der Waals surface area contributed by atoms with Crippen LogP contribution in [0.15, 0.2) is 212 Å². The van der Waals surface area contributed by atoms with Gasteiger partial charge >= 0.3 is 0 Å². The van der Waals surface area contributed by atoms with Gasteiger partial charge in [-0.25, -0.2) is 0 Å². The Hall–Kier alpha value is -7.00. The molecule has 0 fully saturated rings. The van der Waals surface area contributed by atoms with Crippen molar-refractivity contribution >= 4 is 80.9 Å². The molecule has 0 atom stereocenters. The fraction of sp³-hybridized carbons (Fsp3) is 0. The molecule has 0 saturated carbocycles. The first kappa shape index (κ1) is 32.4. The van der Waals surface area contributed by atoms with Crippen LogP contribution in [0.4, 0.5) is 17.1 Å². The molecule has 0 N–H and O–H groups in total. The van der Waals surface area contributed by atoms with Gasteiger partial charge in [0, 0.05) is 37.1 Å². The number of benzene rings is 10. The van der Waals surface area contributed by atoms with Crippen molar-refractivity contribution < 1.29 is 0 Å². The minimum absolute atomic E-state index is 1.10. The predicted octanol–water partition coefficient (Wildman–Crippen LogP) is 16.0. The lowest BCUT2D eigenvalue weighted by Gasteiger charge is -2.28. The second-order valence-electron chi connectivity index (χ2n) is 14.5. The van der Waals surface area contributed by atoms with E-state index < -0.39 is 0 Å². The van der Waals surface area contributed by atoms with E-state index in [0.29, 0.717) is 0 Å². The molecule has 2 heteroatoms. The zero-order valence-corrected chi connectivity index (χ0v) is 31.4. The molecule has 0 bridgehead atoms. The second kappa shape index (κ2) is 13.4. The quantitative estimate of drug-likeness (QED) is 0.154. The average Bonchev–Trinajstić information content (AvgIpc) is 3.65. The van der Waals surface area contributed by atoms with Crippen LogP contribution in [-0.4, -0.2) is 0 Å². The van der Waals surface area contributed by atoms with Crippen molar-refractivity contribution in [3.63, 3.8) is 0 Å². The number of rotatable bonds is 6. The van der Waals surface area contributed by atoms with Crippen LogP contribution in [0.5, 0.6) is 0 Å². The number of fused-ring (bicyclic) bond motifs is 8. The van der Waals surface area contributed by atoms with Gasteiger partial charge in [-0.3, -0.25) is 0 Å². The molecule has 262 valence electrons. The molecule has 1 aromatic heterocycles. The van der Waals surface area contributed by atoms with E-state index in [1.807, 2.05) is 11.3 Å². The lowest BCUT2D eigenvalue weighted by Crippen LogP contribution is -2.11. The number of hydrogen-bond donors (Lipinski definition) is 0. The zero-order chi connectivity index (χ0) is 37.0. The highest BCUT2D eigenvalue weighted by Crippen LogP contribution is 2.43. The number of thiophene rings is 1. The minimum atomic E-state index is 1.10. The fourth-order valence-electron chi connectivity index (χ4n) is 8.50. The molecule has 0 radical (unpaired) electrons. The highest BCUT2D eigenvalue weighted by Gasteiger charge is 2.18. The van der Waals surface area contributed by atoms with Gasteiger partial charge < -0.3 is 4.90 Å². The summed E-state index contributed by atoms with van der Waals surface area (Å²) in [7, 11) is 0. The van der Waals surface area contributed by atoms with Gasteiger partial charge in [-0.2, -0.15) is 0 Å². The lowest BCUT2D eigenvalue weighted by atomic mass is 9.94. The van der Waals surface area contributed by atoms with Crippen molar-refractivity contribution in [1.29, 1.82) is 0 Å². The van der Waals surface area contributed by atoms with E-state index in [4.69, 9.17) is 0 Å². The Morgan fingerprint density at radius 1 is 0.304 bits per heavy atom. The third-order valence-corrected chi connectivity index (χ3v) is 12.4. The smallest absolute Gasteiger partial charge is 0.0540 e. The van der Waals surface area contributed by atoms with E-state index >= 15 is 0 Å². The number of anilines is 3. The Balaban J connectivity index is 1.04. The van der Waals surface area contributed by atoms with E-state index in [9.17, 15) is 0 Å². The van der Waals surface area contributed by atoms with E-state index in [0.717, 1.165) is 17.1 Å². The summed E-state index contributed by atoms with van der Waals surface area (Å²) >= 11 is 1.86. The Morgan fingerprint density at radius 3 is 1.79 bits per heavy atom. The van der Waals surface area contributed by atoms with E-state index in [1.54, 1.807) is 0 Å². The van der Waals surface area contributed by atoms with E-state index in [-0.39, 0.29) is 0 Å². The molecule has 0 amide bonds. The normalized spacial score (nSPS) is 11.6. The molecule has 1 nitrogen and oxygen atoms in total. The van der Waals surface area contributed by atoms with Crippen LogP contribution in [0, 0.1) is 0 Å². The van der Waals surface area contributed by atoms with Crippen LogP contribution >= 0.6 is 11.3 Å². The second-order valence-corrected chi connectivity index (χ2v) is 15.6. The molecule has 0 aliphatic heterocycles. The highest BCUT2D eigenvalue weighted by molar-refractivity contribution is 7.25. The molecule has 0 unspecified atom stereocenters. The molecule has 11 aromatic rings. The summed E-state index contributed by atoms with van der Waals surface area (Å²) in [6.45, 7) is 0. The van der Waals surface area contributed by atoms with Crippen LogP contribution in [-0.2, 0) is 0 Å². The molecule has 1 heterocycles. The molecule has 0 aliphatic rings. The van der Waals surface area contributed by atoms with Crippen LogP contribution in [0.25, 0.3) is 85.9 Å². The van der Waals surface area contributed by atoms with Crippen molar-refractivity contribution in [2.24, 2.45) is 0 Å². The highest BCUT2D eigenvalue weighted by atomic mass is 32.1. The summed E-state index contributed by atoms with van der Waals surface area (Å²) in [6, 6.07) is 77.8. The Labute approximate surface area is 330 Å². The molecule has 11 rings (SSSR count). The van der Waals surface area contributed by atoms with Gasteiger partial charge in [-0.1, -0.05) is 164 Å². The number of para-hydroxylation sites is 1. The van der Waals surface area contributed by atoms with Gasteiger partial charge in [0.05, 0.1) is 5.69 Å². The van der Waals surface area contributed by atoms with E-state index in [1.165, 1.54) is 85.9 Å². The largest absolute Gasteiger partial charge is 0.310 e. The van der Waals surface area contributed by atoms with Crippen molar-refractivity contribution in [2.45, 2.75) is 0 Å². The first-order valence-electron chi connectivity index (χ1n) is 19.2. The third kappa shape index (κ3) is 5.54. The maximum Gasteiger partial charge on any atom is 0.0540 e. The maximum absolute atomic E-state index is 2.41. The molecule has 0 saturated heterocycles. The van der Waals surface area contributed by atoms with Gasteiger partial charge in [-0.05, 0) is 109 Å². The van der Waals surface area contributed by atoms with Crippen LogP contribution in [0.2, 0.25) is 0 Å². The van der Waals surface area contributed by atoms with Gasteiger partial charge in [0.1, 0.15) is 0 Å². The minimum Gasteiger partial charge on any atom is -0.310 e.